The first-order chi connectivity index (χ1) is 13.7. The highest BCUT2D eigenvalue weighted by atomic mass is 127. The van der Waals surface area contributed by atoms with E-state index in [1.807, 2.05) is 0 Å². The van der Waals surface area contributed by atoms with E-state index in [2.05, 4.69) is 20.5 Å². The van der Waals surface area contributed by atoms with Crippen LogP contribution in [0.25, 0.3) is 0 Å². The molecule has 0 amide bonds. The lowest BCUT2D eigenvalue weighted by Gasteiger charge is -2.29. The lowest BCUT2D eigenvalue weighted by atomic mass is 10.0. The molecule has 0 saturated carbocycles. The minimum absolute atomic E-state index is 0. The lowest BCUT2D eigenvalue weighted by molar-refractivity contribution is 0.0698. The molecule has 29 heavy (non-hydrogen) atoms. The molecule has 1 aromatic rings. The number of nitrogens with zero attached hydrogens (tertiary/aromatic N) is 2. The number of likely N-dealkylation sites (tertiary alicyclic amines) is 1. The van der Waals surface area contributed by atoms with E-state index in [-0.39, 0.29) is 35.8 Å². The van der Waals surface area contributed by atoms with Gasteiger partial charge in [-0.15, -0.1) is 24.0 Å². The van der Waals surface area contributed by atoms with Crippen molar-refractivity contribution in [3.05, 3.63) is 34.6 Å². The fourth-order valence-electron chi connectivity index (χ4n) is 3.34. The van der Waals surface area contributed by atoms with Gasteiger partial charge in [-0.3, -0.25) is 9.89 Å². The Morgan fingerprint density at radius 3 is 2.66 bits per heavy atom. The third kappa shape index (κ3) is 8.92. The van der Waals surface area contributed by atoms with Gasteiger partial charge in [0.2, 0.25) is 0 Å². The van der Waals surface area contributed by atoms with Crippen molar-refractivity contribution in [1.82, 2.24) is 15.5 Å². The fraction of sp³-hybridized carbons (Fsp3) is 0.650. The summed E-state index contributed by atoms with van der Waals surface area (Å²) in [7, 11) is 3.38. The number of rotatable bonds is 11. The van der Waals surface area contributed by atoms with E-state index in [4.69, 9.17) is 21.1 Å². The third-order valence-electron chi connectivity index (χ3n) is 4.79. The lowest BCUT2D eigenvalue weighted by Crippen LogP contribution is -2.43. The molecular formula is C20H33ClFIN4O2. The van der Waals surface area contributed by atoms with E-state index in [1.165, 1.54) is 6.07 Å². The molecular weight excluding hydrogens is 510 g/mol. The molecule has 0 bridgehead atoms. The summed E-state index contributed by atoms with van der Waals surface area (Å²) in [5, 5.41) is 7.06. The number of aliphatic imine (C=N–C) groups is 1. The molecule has 0 spiro atoms. The molecule has 6 nitrogen and oxygen atoms in total. The van der Waals surface area contributed by atoms with Crippen molar-refractivity contribution in [2.75, 3.05) is 60.2 Å². The summed E-state index contributed by atoms with van der Waals surface area (Å²) in [6.45, 7) is 5.03. The van der Waals surface area contributed by atoms with E-state index in [0.717, 1.165) is 38.9 Å². The van der Waals surface area contributed by atoms with Crippen molar-refractivity contribution in [3.63, 3.8) is 0 Å². The Hall–Kier alpha value is -0.680. The minimum Gasteiger partial charge on any atom is -0.382 e. The number of halogens is 3. The van der Waals surface area contributed by atoms with Crippen LogP contribution in [-0.4, -0.2) is 71.0 Å². The smallest absolute Gasteiger partial charge is 0.191 e. The van der Waals surface area contributed by atoms with Crippen molar-refractivity contribution in [3.8, 4) is 0 Å². The Balaban J connectivity index is 0.00000420. The van der Waals surface area contributed by atoms with Gasteiger partial charge >= 0.3 is 0 Å². The Kier molecular flexibility index (Phi) is 13.8. The number of benzene rings is 1. The monoisotopic (exact) mass is 542 g/mol. The average Bonchev–Trinajstić information content (AvgIpc) is 3.22. The molecule has 0 aliphatic carbocycles. The van der Waals surface area contributed by atoms with Gasteiger partial charge in [0, 0.05) is 44.4 Å². The van der Waals surface area contributed by atoms with Crippen molar-refractivity contribution in [1.29, 1.82) is 0 Å². The van der Waals surface area contributed by atoms with Gasteiger partial charge in [-0.1, -0.05) is 17.7 Å². The second-order valence-corrected chi connectivity index (χ2v) is 7.14. The Bertz CT molecular complexity index is 598. The standard InChI is InChI=1S/C20H32ClFN4O2.HI/c1-23-20(24-9-6-12-28-14-13-27-2)25-15-18(26-10-3-4-11-26)19-16(21)7-5-8-17(19)22;/h5,7-8,18H,3-4,6,9-15H2,1-2H3,(H2,23,24,25);1H. The quantitative estimate of drug-likeness (QED) is 0.194. The summed E-state index contributed by atoms with van der Waals surface area (Å²) in [5.74, 6) is 0.427. The van der Waals surface area contributed by atoms with Crippen molar-refractivity contribution >= 4 is 41.5 Å². The Labute approximate surface area is 195 Å². The molecule has 2 N–H and O–H groups in total. The molecule has 1 atom stereocenters. The Morgan fingerprint density at radius 1 is 1.24 bits per heavy atom. The molecule has 1 aliphatic heterocycles. The molecule has 1 unspecified atom stereocenters. The maximum absolute atomic E-state index is 14.5. The number of hydrogen-bond acceptors (Lipinski definition) is 4. The second-order valence-electron chi connectivity index (χ2n) is 6.73. The first-order valence-electron chi connectivity index (χ1n) is 9.86. The van der Waals surface area contributed by atoms with E-state index in [9.17, 15) is 4.39 Å². The predicted octanol–water partition coefficient (Wildman–Crippen LogP) is 3.45. The van der Waals surface area contributed by atoms with Crippen molar-refractivity contribution < 1.29 is 13.9 Å². The number of ether oxygens (including phenoxy) is 2. The van der Waals surface area contributed by atoms with Crippen LogP contribution in [0.15, 0.2) is 23.2 Å². The van der Waals surface area contributed by atoms with Crippen LogP contribution in [-0.2, 0) is 9.47 Å². The molecule has 1 heterocycles. The van der Waals surface area contributed by atoms with E-state index in [1.54, 1.807) is 26.3 Å². The van der Waals surface area contributed by atoms with E-state index >= 15 is 0 Å². The van der Waals surface area contributed by atoms with Crippen LogP contribution in [0, 0.1) is 5.82 Å². The topological polar surface area (TPSA) is 58.1 Å². The van der Waals surface area contributed by atoms with Gasteiger partial charge < -0.3 is 20.1 Å². The third-order valence-corrected chi connectivity index (χ3v) is 5.12. The first-order valence-corrected chi connectivity index (χ1v) is 10.2. The summed E-state index contributed by atoms with van der Waals surface area (Å²) in [5.41, 5.74) is 0.556. The highest BCUT2D eigenvalue weighted by Gasteiger charge is 2.27. The maximum atomic E-state index is 14.5. The summed E-state index contributed by atoms with van der Waals surface area (Å²) in [4.78, 5) is 6.55. The SMILES string of the molecule is CN=C(NCCCOCCOC)NCC(c1c(F)cccc1Cl)N1CCCC1.I. The molecule has 9 heteroatoms. The summed E-state index contributed by atoms with van der Waals surface area (Å²) < 4.78 is 24.9. The van der Waals surface area contributed by atoms with Gasteiger partial charge in [-0.2, -0.15) is 0 Å². The van der Waals surface area contributed by atoms with Crippen molar-refractivity contribution in [2.24, 2.45) is 4.99 Å². The maximum Gasteiger partial charge on any atom is 0.191 e. The van der Waals surface area contributed by atoms with Gasteiger partial charge in [-0.25, -0.2) is 4.39 Å². The zero-order valence-electron chi connectivity index (χ0n) is 17.3. The molecule has 0 radical (unpaired) electrons. The fourth-order valence-corrected chi connectivity index (χ4v) is 3.62. The van der Waals surface area contributed by atoms with Gasteiger partial charge in [0.05, 0.1) is 19.3 Å². The molecule has 2 rings (SSSR count). The zero-order chi connectivity index (χ0) is 20.2. The first kappa shape index (κ1) is 26.4. The second kappa shape index (κ2) is 15.2. The normalized spacial score (nSPS) is 15.8. The molecule has 1 saturated heterocycles. The van der Waals surface area contributed by atoms with Gasteiger partial charge in [0.1, 0.15) is 5.82 Å². The molecule has 1 aromatic carbocycles. The number of guanidine groups is 1. The largest absolute Gasteiger partial charge is 0.382 e. The predicted molar refractivity (Wildman–Crippen MR) is 127 cm³/mol. The summed E-state index contributed by atoms with van der Waals surface area (Å²) in [6.07, 6.45) is 3.11. The molecule has 1 fully saturated rings. The number of hydrogen-bond donors (Lipinski definition) is 2. The number of methoxy groups -OCH3 is 1. The van der Waals surface area contributed by atoms with Crippen LogP contribution in [0.2, 0.25) is 5.02 Å². The van der Waals surface area contributed by atoms with E-state index in [0.29, 0.717) is 42.9 Å². The van der Waals surface area contributed by atoms with Crippen LogP contribution in [0.3, 0.4) is 0 Å². The highest BCUT2D eigenvalue weighted by molar-refractivity contribution is 14.0. The van der Waals surface area contributed by atoms with Crippen LogP contribution in [0.5, 0.6) is 0 Å². The minimum atomic E-state index is -0.262. The average molecular weight is 543 g/mol. The highest BCUT2D eigenvalue weighted by Crippen LogP contribution is 2.31. The van der Waals surface area contributed by atoms with Gasteiger partial charge in [0.25, 0.3) is 0 Å². The number of nitrogens with one attached hydrogen (secondary N) is 2. The summed E-state index contributed by atoms with van der Waals surface area (Å²) in [6, 6.07) is 4.73. The summed E-state index contributed by atoms with van der Waals surface area (Å²) >= 11 is 6.34. The zero-order valence-corrected chi connectivity index (χ0v) is 20.3. The molecule has 1 aliphatic rings. The van der Waals surface area contributed by atoms with Gasteiger partial charge in [0.15, 0.2) is 5.96 Å². The van der Waals surface area contributed by atoms with Crippen LogP contribution < -0.4 is 10.6 Å². The van der Waals surface area contributed by atoms with Crippen molar-refractivity contribution in [2.45, 2.75) is 25.3 Å². The van der Waals surface area contributed by atoms with Crippen LogP contribution in [0.1, 0.15) is 30.9 Å². The Morgan fingerprint density at radius 2 is 2.00 bits per heavy atom. The van der Waals surface area contributed by atoms with Crippen LogP contribution in [0.4, 0.5) is 4.39 Å². The van der Waals surface area contributed by atoms with Crippen LogP contribution >= 0.6 is 35.6 Å². The van der Waals surface area contributed by atoms with E-state index < -0.39 is 0 Å². The molecule has 0 aromatic heterocycles. The molecule has 166 valence electrons. The van der Waals surface area contributed by atoms with Gasteiger partial charge in [-0.05, 0) is 44.5 Å².